The third-order valence-corrected chi connectivity index (χ3v) is 3.59. The molecule has 0 saturated carbocycles. The van der Waals surface area contributed by atoms with E-state index in [1.165, 1.54) is 29.1 Å². The average Bonchev–Trinajstić information content (AvgIpc) is 2.47. The number of benzene rings is 1. The highest BCUT2D eigenvalue weighted by molar-refractivity contribution is 6.32. The quantitative estimate of drug-likeness (QED) is 0.871. The Labute approximate surface area is 147 Å². The summed E-state index contributed by atoms with van der Waals surface area (Å²) in [6.07, 6.45) is -3.43. The number of alkyl halides is 3. The number of hydrogen-bond donors (Lipinski definition) is 1. The van der Waals surface area contributed by atoms with E-state index in [4.69, 9.17) is 11.6 Å². The highest BCUT2D eigenvalue weighted by Crippen LogP contribution is 2.27. The van der Waals surface area contributed by atoms with Gasteiger partial charge in [0.1, 0.15) is 10.8 Å². The van der Waals surface area contributed by atoms with Gasteiger partial charge in [0.15, 0.2) is 0 Å². The van der Waals surface area contributed by atoms with Crippen molar-refractivity contribution in [3.63, 3.8) is 0 Å². The Hall–Kier alpha value is -2.22. The lowest BCUT2D eigenvalue weighted by Crippen LogP contribution is -2.36. The number of hydrogen-bond acceptors (Lipinski definition) is 4. The predicted octanol–water partition coefficient (Wildman–Crippen LogP) is 4.16. The standard InChI is InChI=1S/C16H17ClF3N3O2/c1-15(2,3)23-14(24)13(17)11(9-22-23)21-8-10-6-4-5-7-12(10)25-16(18,19)20/h4-7,9,21H,8H2,1-3H3. The summed E-state index contributed by atoms with van der Waals surface area (Å²) in [5.74, 6) is -0.324. The molecule has 0 aliphatic carbocycles. The summed E-state index contributed by atoms with van der Waals surface area (Å²) in [5.41, 5.74) is -0.546. The van der Waals surface area contributed by atoms with E-state index in [2.05, 4.69) is 15.2 Å². The van der Waals surface area contributed by atoms with Crippen LogP contribution in [0.15, 0.2) is 35.3 Å². The molecule has 0 aliphatic rings. The Morgan fingerprint density at radius 1 is 1.24 bits per heavy atom. The van der Waals surface area contributed by atoms with Crippen LogP contribution in [0.1, 0.15) is 26.3 Å². The summed E-state index contributed by atoms with van der Waals surface area (Å²) in [6.45, 7) is 5.38. The van der Waals surface area contributed by atoms with E-state index in [1.54, 1.807) is 26.8 Å². The van der Waals surface area contributed by atoms with Gasteiger partial charge in [-0.1, -0.05) is 29.8 Å². The highest BCUT2D eigenvalue weighted by Gasteiger charge is 2.32. The zero-order chi connectivity index (χ0) is 18.8. The maximum atomic E-state index is 12.4. The number of nitrogens with zero attached hydrogens (tertiary/aromatic N) is 2. The second-order valence-electron chi connectivity index (χ2n) is 6.27. The molecule has 0 fully saturated rings. The van der Waals surface area contributed by atoms with Gasteiger partial charge < -0.3 is 10.1 Å². The van der Waals surface area contributed by atoms with Crippen molar-refractivity contribution in [2.75, 3.05) is 5.32 Å². The van der Waals surface area contributed by atoms with E-state index >= 15 is 0 Å². The van der Waals surface area contributed by atoms with Gasteiger partial charge in [-0.3, -0.25) is 4.79 Å². The molecule has 0 spiro atoms. The first-order valence-electron chi connectivity index (χ1n) is 7.35. The molecule has 5 nitrogen and oxygen atoms in total. The molecule has 0 atom stereocenters. The molecule has 1 heterocycles. The number of rotatable bonds is 4. The monoisotopic (exact) mass is 375 g/mol. The molecule has 0 radical (unpaired) electrons. The van der Waals surface area contributed by atoms with E-state index in [0.29, 0.717) is 0 Å². The van der Waals surface area contributed by atoms with Gasteiger partial charge in [-0.05, 0) is 26.8 Å². The lowest BCUT2D eigenvalue weighted by Gasteiger charge is -2.21. The zero-order valence-electron chi connectivity index (χ0n) is 13.8. The van der Waals surface area contributed by atoms with Crippen LogP contribution in [0.2, 0.25) is 5.02 Å². The molecule has 2 aromatic rings. The second-order valence-corrected chi connectivity index (χ2v) is 6.65. The summed E-state index contributed by atoms with van der Waals surface area (Å²) in [5, 5.41) is 6.79. The van der Waals surface area contributed by atoms with Crippen molar-refractivity contribution in [3.05, 3.63) is 51.4 Å². The van der Waals surface area contributed by atoms with E-state index < -0.39 is 17.5 Å². The van der Waals surface area contributed by atoms with Gasteiger partial charge in [-0.15, -0.1) is 13.2 Å². The maximum Gasteiger partial charge on any atom is 0.573 e. The molecule has 25 heavy (non-hydrogen) atoms. The van der Waals surface area contributed by atoms with Crippen molar-refractivity contribution in [2.45, 2.75) is 39.2 Å². The lowest BCUT2D eigenvalue weighted by atomic mass is 10.1. The molecule has 0 unspecified atom stereocenters. The summed E-state index contributed by atoms with van der Waals surface area (Å²) >= 11 is 6.07. The summed E-state index contributed by atoms with van der Waals surface area (Å²) in [7, 11) is 0. The van der Waals surface area contributed by atoms with Gasteiger partial charge in [0.2, 0.25) is 0 Å². The molecular formula is C16H17ClF3N3O2. The third kappa shape index (κ3) is 4.88. The molecule has 1 aromatic heterocycles. The first-order valence-corrected chi connectivity index (χ1v) is 7.72. The van der Waals surface area contributed by atoms with Gasteiger partial charge in [0.25, 0.3) is 5.56 Å². The van der Waals surface area contributed by atoms with Crippen LogP contribution < -0.4 is 15.6 Å². The Morgan fingerprint density at radius 2 is 1.88 bits per heavy atom. The maximum absolute atomic E-state index is 12.4. The van der Waals surface area contributed by atoms with Crippen LogP contribution >= 0.6 is 11.6 Å². The van der Waals surface area contributed by atoms with Crippen molar-refractivity contribution in [3.8, 4) is 5.75 Å². The van der Waals surface area contributed by atoms with Crippen molar-refractivity contribution < 1.29 is 17.9 Å². The summed E-state index contributed by atoms with van der Waals surface area (Å²) in [4.78, 5) is 12.3. The van der Waals surface area contributed by atoms with Crippen LogP contribution in [0.25, 0.3) is 0 Å². The minimum Gasteiger partial charge on any atom is -0.405 e. The van der Waals surface area contributed by atoms with Crippen molar-refractivity contribution in [1.82, 2.24) is 9.78 Å². The minimum atomic E-state index is -4.79. The van der Waals surface area contributed by atoms with Crippen LogP contribution in [-0.4, -0.2) is 16.1 Å². The van der Waals surface area contributed by atoms with E-state index in [9.17, 15) is 18.0 Å². The average molecular weight is 376 g/mol. The SMILES string of the molecule is CC(C)(C)n1ncc(NCc2ccccc2OC(F)(F)F)c(Cl)c1=O. The second kappa shape index (κ2) is 6.95. The molecule has 0 saturated heterocycles. The number of para-hydroxylation sites is 1. The summed E-state index contributed by atoms with van der Waals surface area (Å²) in [6, 6.07) is 5.70. The number of nitrogens with one attached hydrogen (secondary N) is 1. The van der Waals surface area contributed by atoms with Crippen LogP contribution in [0.4, 0.5) is 18.9 Å². The zero-order valence-corrected chi connectivity index (χ0v) is 14.6. The number of ether oxygens (including phenoxy) is 1. The number of halogens is 4. The molecule has 9 heteroatoms. The molecule has 1 aromatic carbocycles. The number of aromatic nitrogens is 2. The van der Waals surface area contributed by atoms with Crippen LogP contribution in [0, 0.1) is 0 Å². The fraction of sp³-hybridized carbons (Fsp3) is 0.375. The van der Waals surface area contributed by atoms with Crippen LogP contribution in [-0.2, 0) is 12.1 Å². The van der Waals surface area contributed by atoms with Gasteiger partial charge in [-0.25, -0.2) is 4.68 Å². The largest absolute Gasteiger partial charge is 0.573 e. The van der Waals surface area contributed by atoms with Crippen LogP contribution in [0.3, 0.4) is 0 Å². The molecule has 2 rings (SSSR count). The highest BCUT2D eigenvalue weighted by atomic mass is 35.5. The van der Waals surface area contributed by atoms with Gasteiger partial charge in [0, 0.05) is 12.1 Å². The first kappa shape index (κ1) is 19.1. The van der Waals surface area contributed by atoms with Crippen molar-refractivity contribution in [1.29, 1.82) is 0 Å². The minimum absolute atomic E-state index is 0.0212. The first-order chi connectivity index (χ1) is 11.5. The van der Waals surface area contributed by atoms with Crippen LogP contribution in [0.5, 0.6) is 5.75 Å². The molecule has 1 N–H and O–H groups in total. The molecular weight excluding hydrogens is 359 g/mol. The van der Waals surface area contributed by atoms with Gasteiger partial charge in [0.05, 0.1) is 17.4 Å². The van der Waals surface area contributed by atoms with Gasteiger partial charge in [-0.2, -0.15) is 5.10 Å². The van der Waals surface area contributed by atoms with Crippen molar-refractivity contribution >= 4 is 17.3 Å². The van der Waals surface area contributed by atoms with E-state index in [0.717, 1.165) is 0 Å². The Kier molecular flexibility index (Phi) is 5.31. The Balaban J connectivity index is 2.23. The van der Waals surface area contributed by atoms with E-state index in [-0.39, 0.29) is 28.6 Å². The normalized spacial score (nSPS) is 12.1. The lowest BCUT2D eigenvalue weighted by molar-refractivity contribution is -0.274. The third-order valence-electron chi connectivity index (χ3n) is 3.22. The molecule has 0 amide bonds. The summed E-state index contributed by atoms with van der Waals surface area (Å²) < 4.78 is 42.5. The molecule has 0 aliphatic heterocycles. The fourth-order valence-corrected chi connectivity index (χ4v) is 2.29. The number of anilines is 1. The Morgan fingerprint density at radius 3 is 2.48 bits per heavy atom. The van der Waals surface area contributed by atoms with Gasteiger partial charge >= 0.3 is 6.36 Å². The molecule has 136 valence electrons. The van der Waals surface area contributed by atoms with E-state index in [1.807, 2.05) is 0 Å². The fourth-order valence-electron chi connectivity index (χ4n) is 2.10. The molecule has 0 bridgehead atoms. The smallest absolute Gasteiger partial charge is 0.405 e. The predicted molar refractivity (Wildman–Crippen MR) is 89.0 cm³/mol. The Bertz CT molecular complexity index is 813. The van der Waals surface area contributed by atoms with Crippen molar-refractivity contribution in [2.24, 2.45) is 0 Å². The topological polar surface area (TPSA) is 56.1 Å².